The zero-order chi connectivity index (χ0) is 18.9. The maximum atomic E-state index is 13.2. The third kappa shape index (κ3) is 3.78. The highest BCUT2D eigenvalue weighted by Crippen LogP contribution is 2.36. The van der Waals surface area contributed by atoms with Gasteiger partial charge in [0.2, 0.25) is 5.91 Å². The molecule has 0 bridgehead atoms. The Labute approximate surface area is 146 Å². The van der Waals surface area contributed by atoms with E-state index < -0.39 is 41.2 Å². The Balaban J connectivity index is 2.36. The highest BCUT2D eigenvalue weighted by molar-refractivity contribution is 6.32. The molecule has 0 aliphatic carbocycles. The van der Waals surface area contributed by atoms with Gasteiger partial charge in [-0.05, 0) is 38.0 Å². The quantitative estimate of drug-likeness (QED) is 0.725. The molecule has 2 aromatic rings. The molecular weight excluding hydrogens is 362 g/mol. The predicted molar refractivity (Wildman–Crippen MR) is 86.4 cm³/mol. The molecule has 2 rings (SSSR count). The van der Waals surface area contributed by atoms with Crippen molar-refractivity contribution in [3.8, 4) is 0 Å². The van der Waals surface area contributed by atoms with Crippen LogP contribution in [0.4, 0.5) is 23.2 Å². The smallest absolute Gasteiger partial charge is 0.283 e. The molecule has 0 saturated carbocycles. The lowest BCUT2D eigenvalue weighted by molar-refractivity contribution is -0.119. The number of amides is 1. The lowest BCUT2D eigenvalue weighted by Gasteiger charge is -2.17. The number of halogens is 5. The minimum atomic E-state index is -3.15. The molecule has 1 heterocycles. The van der Waals surface area contributed by atoms with Gasteiger partial charge in [-0.2, -0.15) is 5.10 Å². The van der Waals surface area contributed by atoms with E-state index in [-0.39, 0.29) is 0 Å². The van der Waals surface area contributed by atoms with Crippen LogP contribution in [0.1, 0.15) is 48.3 Å². The summed E-state index contributed by atoms with van der Waals surface area (Å²) in [5, 5.41) is 5.20. The molecule has 0 aliphatic rings. The summed E-state index contributed by atoms with van der Waals surface area (Å²) >= 11 is 5.60. The fourth-order valence-electron chi connectivity index (χ4n) is 2.31. The van der Waals surface area contributed by atoms with E-state index in [1.54, 1.807) is 19.1 Å². The molecular formula is C16H16ClF4N3O. The van der Waals surface area contributed by atoms with E-state index in [1.165, 1.54) is 6.92 Å². The molecule has 1 amide bonds. The number of nitrogens with one attached hydrogen (secondary N) is 1. The van der Waals surface area contributed by atoms with Gasteiger partial charge < -0.3 is 5.32 Å². The van der Waals surface area contributed by atoms with Gasteiger partial charge in [-0.15, -0.1) is 0 Å². The molecule has 4 nitrogen and oxygen atoms in total. The second kappa shape index (κ2) is 7.43. The minimum absolute atomic E-state index is 0.503. The van der Waals surface area contributed by atoms with Crippen molar-refractivity contribution in [2.75, 3.05) is 5.32 Å². The van der Waals surface area contributed by atoms with Crippen LogP contribution in [0.15, 0.2) is 18.2 Å². The lowest BCUT2D eigenvalue weighted by Crippen LogP contribution is -2.26. The standard InChI is InChI=1S/C16H16ClF4N3O/c1-7-5-4-6-10(8(7)2)22-16(25)9(3)24-13(15(20)21)11(17)12(23-24)14(18)19/h4-6,9,14-15H,1-3H3,(H,22,25). The van der Waals surface area contributed by atoms with Gasteiger partial charge in [0.1, 0.15) is 17.4 Å². The van der Waals surface area contributed by atoms with Crippen molar-refractivity contribution < 1.29 is 22.4 Å². The number of aryl methyl sites for hydroxylation is 1. The monoisotopic (exact) mass is 377 g/mol. The molecule has 1 N–H and O–H groups in total. The third-order valence-electron chi connectivity index (χ3n) is 3.93. The van der Waals surface area contributed by atoms with Crippen molar-refractivity contribution in [3.63, 3.8) is 0 Å². The van der Waals surface area contributed by atoms with Gasteiger partial charge in [0.25, 0.3) is 12.9 Å². The van der Waals surface area contributed by atoms with Gasteiger partial charge in [0, 0.05) is 5.69 Å². The van der Waals surface area contributed by atoms with Crippen LogP contribution in [0.3, 0.4) is 0 Å². The zero-order valence-electron chi connectivity index (χ0n) is 13.7. The van der Waals surface area contributed by atoms with Gasteiger partial charge in [0.15, 0.2) is 0 Å². The Bertz CT molecular complexity index is 792. The van der Waals surface area contributed by atoms with Gasteiger partial charge in [-0.1, -0.05) is 23.7 Å². The van der Waals surface area contributed by atoms with Crippen molar-refractivity contribution in [2.45, 2.75) is 39.7 Å². The molecule has 25 heavy (non-hydrogen) atoms. The van der Waals surface area contributed by atoms with Gasteiger partial charge in [-0.25, -0.2) is 22.2 Å². The molecule has 0 aliphatic heterocycles. The van der Waals surface area contributed by atoms with Crippen molar-refractivity contribution in [1.29, 1.82) is 0 Å². The van der Waals surface area contributed by atoms with Crippen LogP contribution < -0.4 is 5.32 Å². The summed E-state index contributed by atoms with van der Waals surface area (Å²) in [6, 6.07) is 3.98. The fraction of sp³-hybridized carbons (Fsp3) is 0.375. The fourth-order valence-corrected chi connectivity index (χ4v) is 2.60. The second-order valence-electron chi connectivity index (χ2n) is 5.54. The molecule has 1 aromatic carbocycles. The molecule has 9 heteroatoms. The topological polar surface area (TPSA) is 46.9 Å². The third-order valence-corrected chi connectivity index (χ3v) is 4.32. The average molecular weight is 378 g/mol. The van der Waals surface area contributed by atoms with Crippen LogP contribution >= 0.6 is 11.6 Å². The Morgan fingerprint density at radius 2 is 1.84 bits per heavy atom. The van der Waals surface area contributed by atoms with E-state index in [9.17, 15) is 22.4 Å². The number of nitrogens with zero attached hydrogens (tertiary/aromatic N) is 2. The van der Waals surface area contributed by atoms with Crippen LogP contribution in [-0.2, 0) is 4.79 Å². The van der Waals surface area contributed by atoms with Crippen LogP contribution in [0, 0.1) is 13.8 Å². The first-order valence-corrected chi connectivity index (χ1v) is 7.74. The first kappa shape index (κ1) is 19.2. The van der Waals surface area contributed by atoms with Crippen LogP contribution in [0.2, 0.25) is 5.02 Å². The number of aromatic nitrogens is 2. The maximum Gasteiger partial charge on any atom is 0.283 e. The van der Waals surface area contributed by atoms with Gasteiger partial charge in [-0.3, -0.25) is 4.79 Å². The number of hydrogen-bond acceptors (Lipinski definition) is 2. The molecule has 0 spiro atoms. The van der Waals surface area contributed by atoms with Gasteiger partial charge >= 0.3 is 0 Å². The highest BCUT2D eigenvalue weighted by atomic mass is 35.5. The molecule has 1 aromatic heterocycles. The van der Waals surface area contributed by atoms with E-state index >= 15 is 0 Å². The van der Waals surface area contributed by atoms with E-state index in [0.717, 1.165) is 11.1 Å². The summed E-state index contributed by atoms with van der Waals surface area (Å²) in [5.74, 6) is -0.671. The number of hydrogen-bond donors (Lipinski definition) is 1. The summed E-state index contributed by atoms with van der Waals surface area (Å²) in [6.07, 6.45) is -6.27. The summed E-state index contributed by atoms with van der Waals surface area (Å²) in [7, 11) is 0. The Hall–Kier alpha value is -2.09. The molecule has 136 valence electrons. The van der Waals surface area contributed by atoms with Crippen molar-refractivity contribution in [2.24, 2.45) is 0 Å². The van der Waals surface area contributed by atoms with E-state index in [1.807, 2.05) is 13.0 Å². The number of alkyl halides is 4. The zero-order valence-corrected chi connectivity index (χ0v) is 14.4. The van der Waals surface area contributed by atoms with E-state index in [2.05, 4.69) is 10.4 Å². The molecule has 0 fully saturated rings. The first-order chi connectivity index (χ1) is 11.6. The normalized spacial score (nSPS) is 12.7. The molecule has 1 atom stereocenters. The van der Waals surface area contributed by atoms with Crippen LogP contribution in [0.5, 0.6) is 0 Å². The van der Waals surface area contributed by atoms with Crippen LogP contribution in [-0.4, -0.2) is 15.7 Å². The first-order valence-electron chi connectivity index (χ1n) is 7.36. The summed E-state index contributed by atoms with van der Waals surface area (Å²) in [4.78, 5) is 12.4. The highest BCUT2D eigenvalue weighted by Gasteiger charge is 2.31. The van der Waals surface area contributed by atoms with Gasteiger partial charge in [0.05, 0.1) is 5.02 Å². The summed E-state index contributed by atoms with van der Waals surface area (Å²) < 4.78 is 52.7. The number of carbonyl (C=O) groups excluding carboxylic acids is 1. The van der Waals surface area contributed by atoms with E-state index in [0.29, 0.717) is 10.4 Å². The number of rotatable bonds is 5. The molecule has 1 unspecified atom stereocenters. The Morgan fingerprint density at radius 1 is 1.20 bits per heavy atom. The van der Waals surface area contributed by atoms with E-state index in [4.69, 9.17) is 11.6 Å². The SMILES string of the molecule is Cc1cccc(NC(=O)C(C)n2nc(C(F)F)c(Cl)c2C(F)F)c1C. The average Bonchev–Trinajstić information content (AvgIpc) is 2.88. The number of carbonyl (C=O) groups is 1. The lowest BCUT2D eigenvalue weighted by atomic mass is 10.1. The molecule has 0 saturated heterocycles. The van der Waals surface area contributed by atoms with Crippen molar-refractivity contribution >= 4 is 23.2 Å². The molecule has 0 radical (unpaired) electrons. The largest absolute Gasteiger partial charge is 0.324 e. The van der Waals surface area contributed by atoms with Crippen molar-refractivity contribution in [3.05, 3.63) is 45.7 Å². The summed E-state index contributed by atoms with van der Waals surface area (Å²) in [5.41, 5.74) is 0.372. The summed E-state index contributed by atoms with van der Waals surface area (Å²) in [6.45, 7) is 4.93. The number of benzene rings is 1. The Morgan fingerprint density at radius 3 is 2.40 bits per heavy atom. The minimum Gasteiger partial charge on any atom is -0.324 e. The predicted octanol–water partition coefficient (Wildman–Crippen LogP) is 5.23. The van der Waals surface area contributed by atoms with Crippen LogP contribution in [0.25, 0.3) is 0 Å². The second-order valence-corrected chi connectivity index (χ2v) is 5.92. The Kier molecular flexibility index (Phi) is 5.72. The number of anilines is 1. The maximum absolute atomic E-state index is 13.2. The van der Waals surface area contributed by atoms with Crippen molar-refractivity contribution in [1.82, 2.24) is 9.78 Å².